The number of ether oxygens (including phenoxy) is 3. The van der Waals surface area contributed by atoms with Gasteiger partial charge in [0.2, 0.25) is 5.76 Å². The fourth-order valence-electron chi connectivity index (χ4n) is 4.74. The number of carbonyl (C=O) groups is 1. The summed E-state index contributed by atoms with van der Waals surface area (Å²) >= 11 is 6.19. The van der Waals surface area contributed by atoms with E-state index in [0.717, 1.165) is 24.8 Å². The van der Waals surface area contributed by atoms with Crippen molar-refractivity contribution in [3.05, 3.63) is 68.5 Å². The van der Waals surface area contributed by atoms with Crippen LogP contribution in [0.15, 0.2) is 45.6 Å². The summed E-state index contributed by atoms with van der Waals surface area (Å²) in [6, 6.07) is 9.83. The summed E-state index contributed by atoms with van der Waals surface area (Å²) in [6.07, 6.45) is 3.86. The first-order chi connectivity index (χ1) is 18.3. The van der Waals surface area contributed by atoms with Crippen LogP contribution in [0.25, 0.3) is 11.0 Å². The molecular weight excluding hydrogens is 506 g/mol. The number of unbranched alkanes of at least 4 members (excludes halogenated alkanes) is 2. The third-order valence-corrected chi connectivity index (χ3v) is 6.75. The molecule has 0 spiro atoms. The topological polar surface area (TPSA) is 78.2 Å². The summed E-state index contributed by atoms with van der Waals surface area (Å²) in [5.41, 5.74) is 1.13. The second-order valence-electron chi connectivity index (χ2n) is 9.68. The van der Waals surface area contributed by atoms with Gasteiger partial charge in [-0.3, -0.25) is 9.59 Å². The predicted octanol–water partition coefficient (Wildman–Crippen LogP) is 6.77. The second-order valence-corrected chi connectivity index (χ2v) is 10.1. The van der Waals surface area contributed by atoms with Crippen LogP contribution in [0.5, 0.6) is 11.5 Å². The zero-order valence-electron chi connectivity index (χ0n) is 22.6. The van der Waals surface area contributed by atoms with Crippen LogP contribution in [0.2, 0.25) is 5.02 Å². The lowest BCUT2D eigenvalue weighted by Gasteiger charge is -2.26. The molecule has 1 aromatic heterocycles. The first-order valence-corrected chi connectivity index (χ1v) is 13.8. The SMILES string of the molecule is CCCCCOc1ccc(C2c3c(oc4ccc(Cl)cc4c3=O)C(=O)N2CCCOC(C)C)cc1OCC. The van der Waals surface area contributed by atoms with Crippen LogP contribution in [-0.4, -0.2) is 43.3 Å². The minimum absolute atomic E-state index is 0.0671. The Kier molecular flexibility index (Phi) is 9.34. The number of benzene rings is 2. The lowest BCUT2D eigenvalue weighted by Crippen LogP contribution is -2.31. The predicted molar refractivity (Wildman–Crippen MR) is 149 cm³/mol. The maximum atomic E-state index is 13.8. The van der Waals surface area contributed by atoms with E-state index >= 15 is 0 Å². The van der Waals surface area contributed by atoms with E-state index in [4.69, 9.17) is 30.2 Å². The molecule has 38 heavy (non-hydrogen) atoms. The molecule has 3 aromatic rings. The average molecular weight is 542 g/mol. The van der Waals surface area contributed by atoms with Crippen molar-refractivity contribution >= 4 is 28.5 Å². The van der Waals surface area contributed by atoms with Gasteiger partial charge >= 0.3 is 0 Å². The van der Waals surface area contributed by atoms with Gasteiger partial charge in [0, 0.05) is 18.2 Å². The number of hydrogen-bond donors (Lipinski definition) is 0. The molecule has 8 heteroatoms. The Labute approximate surface area is 228 Å². The zero-order chi connectivity index (χ0) is 27.2. The van der Waals surface area contributed by atoms with Crippen molar-refractivity contribution in [2.45, 2.75) is 65.5 Å². The number of rotatable bonds is 13. The van der Waals surface area contributed by atoms with Gasteiger partial charge < -0.3 is 23.5 Å². The fourth-order valence-corrected chi connectivity index (χ4v) is 4.91. The molecule has 0 radical (unpaired) electrons. The summed E-state index contributed by atoms with van der Waals surface area (Å²) in [5.74, 6) is 0.975. The molecule has 1 unspecified atom stereocenters. The van der Waals surface area contributed by atoms with Crippen LogP contribution in [0.3, 0.4) is 0 Å². The smallest absolute Gasteiger partial charge is 0.290 e. The van der Waals surface area contributed by atoms with Crippen LogP contribution >= 0.6 is 11.6 Å². The Bertz CT molecular complexity index is 1330. The first kappa shape index (κ1) is 28.0. The van der Waals surface area contributed by atoms with Gasteiger partial charge in [-0.2, -0.15) is 0 Å². The van der Waals surface area contributed by atoms with E-state index in [1.165, 1.54) is 0 Å². The lowest BCUT2D eigenvalue weighted by molar-refractivity contribution is 0.0593. The highest BCUT2D eigenvalue weighted by Crippen LogP contribution is 2.41. The highest BCUT2D eigenvalue weighted by molar-refractivity contribution is 6.31. The Hall–Kier alpha value is -3.03. The van der Waals surface area contributed by atoms with Crippen LogP contribution in [0.1, 0.15) is 81.1 Å². The van der Waals surface area contributed by atoms with Crippen molar-refractivity contribution in [1.82, 2.24) is 4.90 Å². The van der Waals surface area contributed by atoms with Gasteiger partial charge in [-0.05, 0) is 69.5 Å². The van der Waals surface area contributed by atoms with E-state index in [1.807, 2.05) is 39.0 Å². The van der Waals surface area contributed by atoms with Crippen LogP contribution in [0.4, 0.5) is 0 Å². The molecule has 0 fully saturated rings. The fraction of sp³-hybridized carbons (Fsp3) is 0.467. The number of halogens is 1. The van der Waals surface area contributed by atoms with Crippen molar-refractivity contribution in [1.29, 1.82) is 0 Å². The van der Waals surface area contributed by atoms with E-state index in [0.29, 0.717) is 65.8 Å². The van der Waals surface area contributed by atoms with Crippen molar-refractivity contribution in [3.63, 3.8) is 0 Å². The number of hydrogen-bond acceptors (Lipinski definition) is 6. The largest absolute Gasteiger partial charge is 0.490 e. The van der Waals surface area contributed by atoms with Gasteiger partial charge in [0.05, 0.1) is 36.3 Å². The first-order valence-electron chi connectivity index (χ1n) is 13.4. The molecule has 0 bridgehead atoms. The van der Waals surface area contributed by atoms with Crippen molar-refractivity contribution in [3.8, 4) is 11.5 Å². The minimum atomic E-state index is -0.635. The molecule has 7 nitrogen and oxygen atoms in total. The molecule has 0 saturated heterocycles. The number of carbonyl (C=O) groups excluding carboxylic acids is 1. The summed E-state index contributed by atoms with van der Waals surface area (Å²) in [5, 5.41) is 0.775. The molecule has 1 aliphatic heterocycles. The molecule has 2 heterocycles. The van der Waals surface area contributed by atoms with Crippen LogP contribution in [-0.2, 0) is 4.74 Å². The summed E-state index contributed by atoms with van der Waals surface area (Å²) in [4.78, 5) is 29.1. The van der Waals surface area contributed by atoms with E-state index in [-0.39, 0.29) is 23.2 Å². The Balaban J connectivity index is 1.77. The molecule has 1 aliphatic rings. The van der Waals surface area contributed by atoms with E-state index in [2.05, 4.69) is 6.92 Å². The maximum absolute atomic E-state index is 13.8. The van der Waals surface area contributed by atoms with Crippen molar-refractivity contribution in [2.24, 2.45) is 0 Å². The summed E-state index contributed by atoms with van der Waals surface area (Å²) < 4.78 is 23.6. The van der Waals surface area contributed by atoms with E-state index in [9.17, 15) is 9.59 Å². The highest BCUT2D eigenvalue weighted by Gasteiger charge is 2.42. The van der Waals surface area contributed by atoms with Crippen molar-refractivity contribution < 1.29 is 23.4 Å². The van der Waals surface area contributed by atoms with Crippen molar-refractivity contribution in [2.75, 3.05) is 26.4 Å². The summed E-state index contributed by atoms with van der Waals surface area (Å²) in [6.45, 7) is 9.95. The lowest BCUT2D eigenvalue weighted by atomic mass is 9.98. The standard InChI is InChI=1S/C30H36ClNO6/c1-5-7-8-15-37-24-12-10-20(17-25(24)35-6-2)27-26-28(33)22-18-21(31)11-13-23(22)38-29(26)30(34)32(27)14-9-16-36-19(3)4/h10-13,17-19,27H,5-9,14-16H2,1-4H3. The Morgan fingerprint density at radius 3 is 2.53 bits per heavy atom. The molecule has 2 aromatic carbocycles. The Morgan fingerprint density at radius 2 is 1.79 bits per heavy atom. The molecule has 204 valence electrons. The van der Waals surface area contributed by atoms with E-state index < -0.39 is 6.04 Å². The normalized spacial score (nSPS) is 14.9. The highest BCUT2D eigenvalue weighted by atomic mass is 35.5. The molecule has 4 rings (SSSR count). The third kappa shape index (κ3) is 6.00. The maximum Gasteiger partial charge on any atom is 0.290 e. The molecular formula is C30H36ClNO6. The van der Waals surface area contributed by atoms with Gasteiger partial charge in [-0.15, -0.1) is 0 Å². The van der Waals surface area contributed by atoms with Crippen LogP contribution in [0, 0.1) is 0 Å². The average Bonchev–Trinajstić information content (AvgIpc) is 3.17. The van der Waals surface area contributed by atoms with Crippen LogP contribution < -0.4 is 14.9 Å². The van der Waals surface area contributed by atoms with E-state index in [1.54, 1.807) is 23.1 Å². The molecule has 0 N–H and O–H groups in total. The molecule has 1 atom stereocenters. The van der Waals surface area contributed by atoms with Gasteiger partial charge in [-0.25, -0.2) is 0 Å². The third-order valence-electron chi connectivity index (χ3n) is 6.51. The molecule has 0 aliphatic carbocycles. The number of nitrogens with zero attached hydrogens (tertiary/aromatic N) is 1. The number of fused-ring (bicyclic) bond motifs is 2. The van der Waals surface area contributed by atoms with Gasteiger partial charge in [-0.1, -0.05) is 37.4 Å². The minimum Gasteiger partial charge on any atom is -0.490 e. The zero-order valence-corrected chi connectivity index (χ0v) is 23.3. The number of amides is 1. The Morgan fingerprint density at radius 1 is 0.974 bits per heavy atom. The monoisotopic (exact) mass is 541 g/mol. The quantitative estimate of drug-likeness (QED) is 0.222. The molecule has 0 saturated carbocycles. The molecule has 1 amide bonds. The van der Waals surface area contributed by atoms with Gasteiger partial charge in [0.15, 0.2) is 16.9 Å². The summed E-state index contributed by atoms with van der Waals surface area (Å²) in [7, 11) is 0. The van der Waals surface area contributed by atoms with Gasteiger partial charge in [0.1, 0.15) is 5.58 Å². The van der Waals surface area contributed by atoms with Gasteiger partial charge in [0.25, 0.3) is 5.91 Å². The second kappa shape index (κ2) is 12.7.